The summed E-state index contributed by atoms with van der Waals surface area (Å²) in [6, 6.07) is 7.90. The molecule has 94 valence electrons. The molecule has 0 radical (unpaired) electrons. The Bertz CT molecular complexity index is 362. The lowest BCUT2D eigenvalue weighted by molar-refractivity contribution is -0.143. The van der Waals surface area contributed by atoms with E-state index in [9.17, 15) is 4.79 Å². The highest BCUT2D eigenvalue weighted by molar-refractivity contribution is 9.10. The van der Waals surface area contributed by atoms with Gasteiger partial charge in [-0.2, -0.15) is 0 Å². The van der Waals surface area contributed by atoms with Crippen molar-refractivity contribution in [2.45, 2.75) is 32.4 Å². The van der Waals surface area contributed by atoms with Crippen molar-refractivity contribution in [2.24, 2.45) is 0 Å². The first-order valence-electron chi connectivity index (χ1n) is 5.61. The van der Waals surface area contributed by atoms with Crippen molar-refractivity contribution in [2.75, 3.05) is 7.11 Å². The molecule has 1 aromatic carbocycles. The highest BCUT2D eigenvalue weighted by Gasteiger charge is 2.19. The molecular weight excluding hydrogens is 282 g/mol. The van der Waals surface area contributed by atoms with Crippen LogP contribution in [0.1, 0.15) is 19.4 Å². The molecule has 0 aliphatic heterocycles. The molecule has 1 N–H and O–H groups in total. The van der Waals surface area contributed by atoms with E-state index in [1.54, 1.807) is 0 Å². The quantitative estimate of drug-likeness (QED) is 0.849. The average Bonchev–Trinajstić information content (AvgIpc) is 2.29. The van der Waals surface area contributed by atoms with Crippen LogP contribution in [0.2, 0.25) is 0 Å². The van der Waals surface area contributed by atoms with Crippen molar-refractivity contribution in [3.63, 3.8) is 0 Å². The summed E-state index contributed by atoms with van der Waals surface area (Å²) in [7, 11) is 1.42. The summed E-state index contributed by atoms with van der Waals surface area (Å²) in [5, 5.41) is 3.21. The van der Waals surface area contributed by atoms with Crippen LogP contribution in [0.25, 0.3) is 0 Å². The summed E-state index contributed by atoms with van der Waals surface area (Å²) in [4.78, 5) is 11.6. The van der Waals surface area contributed by atoms with Crippen LogP contribution in [0.3, 0.4) is 0 Å². The molecule has 0 amide bonds. The van der Waals surface area contributed by atoms with E-state index in [0.717, 1.165) is 10.0 Å². The zero-order valence-corrected chi connectivity index (χ0v) is 12.0. The predicted molar refractivity (Wildman–Crippen MR) is 71.9 cm³/mol. The van der Waals surface area contributed by atoms with Crippen molar-refractivity contribution < 1.29 is 9.53 Å². The van der Waals surface area contributed by atoms with Gasteiger partial charge in [-0.3, -0.25) is 4.79 Å². The molecule has 0 heterocycles. The summed E-state index contributed by atoms with van der Waals surface area (Å²) in [5.74, 6) is -0.221. The van der Waals surface area contributed by atoms with Gasteiger partial charge in [-0.15, -0.1) is 0 Å². The van der Waals surface area contributed by atoms with Crippen molar-refractivity contribution in [3.8, 4) is 0 Å². The van der Waals surface area contributed by atoms with Crippen LogP contribution in [0.4, 0.5) is 0 Å². The maximum absolute atomic E-state index is 11.6. The standard InChI is InChI=1S/C13H18BrNO2/c1-9(2)15-12(13(16)17-3)8-10-4-6-11(14)7-5-10/h4-7,9,12,15H,8H2,1-3H3. The van der Waals surface area contributed by atoms with Crippen LogP contribution >= 0.6 is 15.9 Å². The maximum atomic E-state index is 11.6. The van der Waals surface area contributed by atoms with Gasteiger partial charge in [0.25, 0.3) is 0 Å². The molecule has 1 unspecified atom stereocenters. The fraction of sp³-hybridized carbons (Fsp3) is 0.462. The number of rotatable bonds is 5. The van der Waals surface area contributed by atoms with Gasteiger partial charge in [-0.05, 0) is 24.1 Å². The Morgan fingerprint density at radius 3 is 2.41 bits per heavy atom. The molecule has 3 nitrogen and oxygen atoms in total. The molecule has 0 saturated carbocycles. The molecule has 0 aromatic heterocycles. The maximum Gasteiger partial charge on any atom is 0.323 e. The SMILES string of the molecule is COC(=O)C(Cc1ccc(Br)cc1)NC(C)C. The number of esters is 1. The van der Waals surface area contributed by atoms with Gasteiger partial charge < -0.3 is 10.1 Å². The summed E-state index contributed by atoms with van der Waals surface area (Å²) in [5.41, 5.74) is 1.11. The first-order valence-corrected chi connectivity index (χ1v) is 6.40. The van der Waals surface area contributed by atoms with E-state index in [2.05, 4.69) is 21.2 Å². The van der Waals surface area contributed by atoms with Gasteiger partial charge in [0.05, 0.1) is 7.11 Å². The number of carbonyl (C=O) groups excluding carboxylic acids is 1. The number of carbonyl (C=O) groups is 1. The second-order valence-electron chi connectivity index (χ2n) is 4.23. The van der Waals surface area contributed by atoms with Crippen LogP contribution in [-0.2, 0) is 16.0 Å². The molecule has 1 rings (SSSR count). The lowest BCUT2D eigenvalue weighted by Crippen LogP contribution is -2.43. The normalized spacial score (nSPS) is 12.5. The van der Waals surface area contributed by atoms with E-state index in [1.165, 1.54) is 7.11 Å². The summed E-state index contributed by atoms with van der Waals surface area (Å²) in [6.45, 7) is 4.02. The molecule has 0 aliphatic rings. The molecule has 17 heavy (non-hydrogen) atoms. The second-order valence-corrected chi connectivity index (χ2v) is 5.14. The topological polar surface area (TPSA) is 38.3 Å². The van der Waals surface area contributed by atoms with Crippen LogP contribution in [0, 0.1) is 0 Å². The molecule has 1 aromatic rings. The fourth-order valence-corrected chi connectivity index (χ4v) is 1.88. The predicted octanol–water partition coefficient (Wildman–Crippen LogP) is 2.53. The zero-order chi connectivity index (χ0) is 12.8. The molecule has 0 aliphatic carbocycles. The van der Waals surface area contributed by atoms with Gasteiger partial charge in [-0.1, -0.05) is 41.9 Å². The van der Waals surface area contributed by atoms with E-state index in [1.807, 2.05) is 38.1 Å². The Kier molecular flexibility index (Phi) is 5.65. The molecule has 1 atom stereocenters. The van der Waals surface area contributed by atoms with E-state index in [0.29, 0.717) is 6.42 Å². The average molecular weight is 300 g/mol. The summed E-state index contributed by atoms with van der Waals surface area (Å²) < 4.78 is 5.83. The molecular formula is C13H18BrNO2. The van der Waals surface area contributed by atoms with E-state index in [4.69, 9.17) is 4.74 Å². The molecule has 0 fully saturated rings. The van der Waals surface area contributed by atoms with Crippen molar-refractivity contribution in [1.29, 1.82) is 0 Å². The van der Waals surface area contributed by atoms with Crippen molar-refractivity contribution in [1.82, 2.24) is 5.32 Å². The number of hydrogen-bond donors (Lipinski definition) is 1. The van der Waals surface area contributed by atoms with Crippen molar-refractivity contribution >= 4 is 21.9 Å². The van der Waals surface area contributed by atoms with Crippen LogP contribution in [-0.4, -0.2) is 25.2 Å². The second kappa shape index (κ2) is 6.77. The highest BCUT2D eigenvalue weighted by atomic mass is 79.9. The Morgan fingerprint density at radius 2 is 1.94 bits per heavy atom. The van der Waals surface area contributed by atoms with Gasteiger partial charge in [0.2, 0.25) is 0 Å². The van der Waals surface area contributed by atoms with Crippen molar-refractivity contribution in [3.05, 3.63) is 34.3 Å². The first-order chi connectivity index (χ1) is 8.02. The lowest BCUT2D eigenvalue weighted by Gasteiger charge is -2.19. The van der Waals surface area contributed by atoms with Gasteiger partial charge in [0.15, 0.2) is 0 Å². The van der Waals surface area contributed by atoms with Gasteiger partial charge in [0.1, 0.15) is 6.04 Å². The highest BCUT2D eigenvalue weighted by Crippen LogP contribution is 2.12. The number of halogens is 1. The minimum atomic E-state index is -0.291. The summed E-state index contributed by atoms with van der Waals surface area (Å²) in [6.07, 6.45) is 0.637. The van der Waals surface area contributed by atoms with Gasteiger partial charge >= 0.3 is 5.97 Å². The number of benzene rings is 1. The third-order valence-corrected chi connectivity index (χ3v) is 2.90. The molecule has 0 spiro atoms. The van der Waals surface area contributed by atoms with E-state index < -0.39 is 0 Å². The Labute approximate surface area is 111 Å². The van der Waals surface area contributed by atoms with Crippen LogP contribution < -0.4 is 5.32 Å². The minimum absolute atomic E-state index is 0.221. The fourth-order valence-electron chi connectivity index (χ4n) is 1.61. The van der Waals surface area contributed by atoms with Crippen LogP contribution in [0.15, 0.2) is 28.7 Å². The molecule has 0 saturated heterocycles. The molecule has 4 heteroatoms. The minimum Gasteiger partial charge on any atom is -0.468 e. The Hall–Kier alpha value is -0.870. The van der Waals surface area contributed by atoms with Crippen LogP contribution in [0.5, 0.6) is 0 Å². The van der Waals surface area contributed by atoms with Gasteiger partial charge in [-0.25, -0.2) is 0 Å². The Morgan fingerprint density at radius 1 is 1.35 bits per heavy atom. The zero-order valence-electron chi connectivity index (χ0n) is 10.4. The first kappa shape index (κ1) is 14.2. The number of nitrogens with one attached hydrogen (secondary N) is 1. The number of methoxy groups -OCH3 is 1. The van der Waals surface area contributed by atoms with Gasteiger partial charge in [0, 0.05) is 10.5 Å². The number of ether oxygens (including phenoxy) is 1. The lowest BCUT2D eigenvalue weighted by atomic mass is 10.1. The smallest absolute Gasteiger partial charge is 0.323 e. The largest absolute Gasteiger partial charge is 0.468 e. The molecule has 0 bridgehead atoms. The van der Waals surface area contributed by atoms with E-state index in [-0.39, 0.29) is 18.1 Å². The summed E-state index contributed by atoms with van der Waals surface area (Å²) >= 11 is 3.39. The number of hydrogen-bond acceptors (Lipinski definition) is 3. The third kappa shape index (κ3) is 4.88. The van der Waals surface area contributed by atoms with E-state index >= 15 is 0 Å². The monoisotopic (exact) mass is 299 g/mol. The third-order valence-electron chi connectivity index (χ3n) is 2.37. The Balaban J connectivity index is 2.71.